The minimum absolute atomic E-state index is 0.749. The average Bonchev–Trinajstić information content (AvgIpc) is 2.72. The largest absolute Gasteiger partial charge is 0.330 e. The third-order valence-corrected chi connectivity index (χ3v) is 4.50. The molecule has 1 aromatic heterocycles. The van der Waals surface area contributed by atoms with Crippen LogP contribution in [0.15, 0.2) is 10.5 Å². The van der Waals surface area contributed by atoms with Crippen molar-refractivity contribution >= 4 is 27.3 Å². The molecule has 0 amide bonds. The molecule has 1 nitrogen and oxygen atoms in total. The fourth-order valence-electron chi connectivity index (χ4n) is 1.58. The molecular weight excluding hydrogens is 234 g/mol. The Balaban J connectivity index is 2.19. The fraction of sp³-hybridized carbons (Fsp3) is 0.556. The first-order chi connectivity index (χ1) is 5.72. The third-order valence-electron chi connectivity index (χ3n) is 2.40. The molecule has 1 saturated carbocycles. The number of hydrogen-bond acceptors (Lipinski definition) is 2. The number of halogens is 1. The standard InChI is InChI=1S/C9H12BrNS/c1-5-2-8(10)9(12-5)7-3-6(7)4-11/h2,6-7H,3-4,11H2,1H3/t6-,7+/m0/s1. The molecule has 1 aliphatic carbocycles. The van der Waals surface area contributed by atoms with Gasteiger partial charge in [-0.05, 0) is 53.7 Å². The van der Waals surface area contributed by atoms with Gasteiger partial charge in [0.15, 0.2) is 0 Å². The predicted molar refractivity (Wildman–Crippen MR) is 56.7 cm³/mol. The summed E-state index contributed by atoms with van der Waals surface area (Å²) in [6.07, 6.45) is 1.29. The normalized spacial score (nSPS) is 27.6. The van der Waals surface area contributed by atoms with Crippen molar-refractivity contribution in [3.8, 4) is 0 Å². The molecule has 12 heavy (non-hydrogen) atoms. The maximum absolute atomic E-state index is 5.61. The summed E-state index contributed by atoms with van der Waals surface area (Å²) in [6.45, 7) is 2.99. The Bertz CT molecular complexity index is 295. The maximum atomic E-state index is 5.61. The van der Waals surface area contributed by atoms with Crippen LogP contribution < -0.4 is 5.73 Å². The van der Waals surface area contributed by atoms with Gasteiger partial charge in [0.1, 0.15) is 0 Å². The topological polar surface area (TPSA) is 26.0 Å². The molecule has 0 saturated heterocycles. The van der Waals surface area contributed by atoms with E-state index >= 15 is 0 Å². The van der Waals surface area contributed by atoms with Crippen molar-refractivity contribution in [1.29, 1.82) is 0 Å². The average molecular weight is 246 g/mol. The second-order valence-electron chi connectivity index (χ2n) is 3.41. The highest BCUT2D eigenvalue weighted by Gasteiger charge is 2.39. The van der Waals surface area contributed by atoms with Gasteiger partial charge in [-0.15, -0.1) is 11.3 Å². The van der Waals surface area contributed by atoms with Crippen molar-refractivity contribution in [3.63, 3.8) is 0 Å². The van der Waals surface area contributed by atoms with Gasteiger partial charge in [-0.3, -0.25) is 0 Å². The Hall–Kier alpha value is 0.140. The summed E-state index contributed by atoms with van der Waals surface area (Å²) in [5.74, 6) is 1.50. The Labute approximate surface area is 85.1 Å². The van der Waals surface area contributed by atoms with Gasteiger partial charge in [0.05, 0.1) is 0 Å². The molecule has 0 spiro atoms. The van der Waals surface area contributed by atoms with Crippen molar-refractivity contribution in [2.45, 2.75) is 19.3 Å². The Morgan fingerprint density at radius 2 is 2.50 bits per heavy atom. The van der Waals surface area contributed by atoms with Gasteiger partial charge in [0.2, 0.25) is 0 Å². The number of nitrogens with two attached hydrogens (primary N) is 1. The smallest absolute Gasteiger partial charge is 0.0320 e. The van der Waals surface area contributed by atoms with Crippen molar-refractivity contribution in [2.24, 2.45) is 11.7 Å². The first-order valence-corrected chi connectivity index (χ1v) is 5.79. The van der Waals surface area contributed by atoms with Crippen LogP contribution in [0.3, 0.4) is 0 Å². The monoisotopic (exact) mass is 245 g/mol. The van der Waals surface area contributed by atoms with E-state index in [1.807, 2.05) is 11.3 Å². The van der Waals surface area contributed by atoms with Crippen LogP contribution in [0.1, 0.15) is 22.1 Å². The molecule has 1 aromatic rings. The molecule has 3 heteroatoms. The second kappa shape index (κ2) is 3.13. The number of rotatable bonds is 2. The zero-order valence-electron chi connectivity index (χ0n) is 7.01. The van der Waals surface area contributed by atoms with Crippen LogP contribution in [0.4, 0.5) is 0 Å². The SMILES string of the molecule is Cc1cc(Br)c([C@@H]2C[C@H]2CN)s1. The number of aryl methyl sites for hydroxylation is 1. The zero-order chi connectivity index (χ0) is 8.72. The van der Waals surface area contributed by atoms with E-state index in [9.17, 15) is 0 Å². The summed E-state index contributed by atoms with van der Waals surface area (Å²) in [7, 11) is 0. The summed E-state index contributed by atoms with van der Waals surface area (Å²) in [4.78, 5) is 2.89. The Morgan fingerprint density at radius 3 is 2.92 bits per heavy atom. The van der Waals surface area contributed by atoms with Gasteiger partial charge >= 0.3 is 0 Å². The third kappa shape index (κ3) is 1.45. The highest BCUT2D eigenvalue weighted by Crippen LogP contribution is 2.51. The lowest BCUT2D eigenvalue weighted by Gasteiger charge is -1.93. The highest BCUT2D eigenvalue weighted by molar-refractivity contribution is 9.10. The number of hydrogen-bond donors (Lipinski definition) is 1. The zero-order valence-corrected chi connectivity index (χ0v) is 9.41. The summed E-state index contributed by atoms with van der Waals surface area (Å²) in [6, 6.07) is 2.20. The van der Waals surface area contributed by atoms with Crippen LogP contribution in [-0.2, 0) is 0 Å². The lowest BCUT2D eigenvalue weighted by atomic mass is 10.2. The molecule has 2 N–H and O–H groups in total. The Morgan fingerprint density at radius 1 is 1.75 bits per heavy atom. The van der Waals surface area contributed by atoms with E-state index in [0.29, 0.717) is 0 Å². The minimum Gasteiger partial charge on any atom is -0.330 e. The first-order valence-electron chi connectivity index (χ1n) is 4.18. The molecule has 0 aromatic carbocycles. The Kier molecular flexibility index (Phi) is 2.27. The maximum Gasteiger partial charge on any atom is 0.0320 e. The molecule has 0 bridgehead atoms. The highest BCUT2D eigenvalue weighted by atomic mass is 79.9. The van der Waals surface area contributed by atoms with E-state index in [0.717, 1.165) is 18.4 Å². The van der Waals surface area contributed by atoms with Crippen molar-refractivity contribution in [3.05, 3.63) is 20.3 Å². The van der Waals surface area contributed by atoms with E-state index in [4.69, 9.17) is 5.73 Å². The molecule has 1 aliphatic rings. The van der Waals surface area contributed by atoms with Crippen molar-refractivity contribution in [1.82, 2.24) is 0 Å². The van der Waals surface area contributed by atoms with Gasteiger partial charge in [-0.25, -0.2) is 0 Å². The van der Waals surface area contributed by atoms with Crippen LogP contribution in [0.2, 0.25) is 0 Å². The molecular formula is C9H12BrNS. The fourth-order valence-corrected chi connectivity index (χ4v) is 3.74. The van der Waals surface area contributed by atoms with Gasteiger partial charge in [0.25, 0.3) is 0 Å². The molecule has 2 atom stereocenters. The van der Waals surface area contributed by atoms with E-state index < -0.39 is 0 Å². The summed E-state index contributed by atoms with van der Waals surface area (Å²) < 4.78 is 1.28. The molecule has 1 fully saturated rings. The summed E-state index contributed by atoms with van der Waals surface area (Å²) >= 11 is 5.49. The molecule has 1 heterocycles. The van der Waals surface area contributed by atoms with Gasteiger partial charge in [0, 0.05) is 14.2 Å². The molecule has 0 aliphatic heterocycles. The predicted octanol–water partition coefficient (Wildman–Crippen LogP) is 2.88. The van der Waals surface area contributed by atoms with Crippen LogP contribution in [0, 0.1) is 12.8 Å². The van der Waals surface area contributed by atoms with Gasteiger partial charge in [-0.2, -0.15) is 0 Å². The van der Waals surface area contributed by atoms with Gasteiger partial charge < -0.3 is 5.73 Å². The quantitative estimate of drug-likeness (QED) is 0.853. The van der Waals surface area contributed by atoms with Crippen LogP contribution in [-0.4, -0.2) is 6.54 Å². The lowest BCUT2D eigenvalue weighted by molar-refractivity contribution is 0.814. The van der Waals surface area contributed by atoms with E-state index in [1.54, 1.807) is 0 Å². The van der Waals surface area contributed by atoms with Crippen LogP contribution in [0.5, 0.6) is 0 Å². The molecule has 66 valence electrons. The molecule has 2 rings (SSSR count). The van der Waals surface area contributed by atoms with E-state index in [2.05, 4.69) is 28.9 Å². The van der Waals surface area contributed by atoms with Gasteiger partial charge in [-0.1, -0.05) is 0 Å². The van der Waals surface area contributed by atoms with Crippen molar-refractivity contribution < 1.29 is 0 Å². The van der Waals surface area contributed by atoms with Crippen LogP contribution >= 0.6 is 27.3 Å². The van der Waals surface area contributed by atoms with E-state index in [1.165, 1.54) is 20.6 Å². The van der Waals surface area contributed by atoms with E-state index in [-0.39, 0.29) is 0 Å². The number of thiophene rings is 1. The lowest BCUT2D eigenvalue weighted by Crippen LogP contribution is -2.01. The van der Waals surface area contributed by atoms with Crippen LogP contribution in [0.25, 0.3) is 0 Å². The minimum atomic E-state index is 0.749. The molecule has 0 radical (unpaired) electrons. The second-order valence-corrected chi connectivity index (χ2v) is 5.55. The van der Waals surface area contributed by atoms with Crippen molar-refractivity contribution in [2.75, 3.05) is 6.54 Å². The first kappa shape index (κ1) is 8.73. The summed E-state index contributed by atoms with van der Waals surface area (Å²) in [5, 5.41) is 0. The molecule has 0 unspecified atom stereocenters. The summed E-state index contributed by atoms with van der Waals surface area (Å²) in [5.41, 5.74) is 5.61.